The molecule has 0 aromatic heterocycles. The van der Waals surface area contributed by atoms with Crippen LogP contribution < -0.4 is 0 Å². The van der Waals surface area contributed by atoms with Gasteiger partial charge in [0.2, 0.25) is 0 Å². The molecule has 0 radical (unpaired) electrons. The molecule has 2 nitrogen and oxygen atoms in total. The van der Waals surface area contributed by atoms with E-state index in [0.29, 0.717) is 12.1 Å². The number of hydrogen-bond donors (Lipinski definition) is 0. The van der Waals surface area contributed by atoms with Crippen LogP contribution in [0.5, 0.6) is 0 Å². The summed E-state index contributed by atoms with van der Waals surface area (Å²) in [5.41, 5.74) is 0. The molecule has 1 fully saturated rings. The summed E-state index contributed by atoms with van der Waals surface area (Å²) >= 11 is 3.46. The molecule has 0 spiro atoms. The Hall–Kier alpha value is 0.400. The number of rotatable bonds is 3. The summed E-state index contributed by atoms with van der Waals surface area (Å²) in [6.07, 6.45) is 1.63. The topological polar surface area (TPSA) is 12.5 Å². The third-order valence-corrected chi connectivity index (χ3v) is 3.28. The Morgan fingerprint density at radius 1 is 1.67 bits per heavy atom. The van der Waals surface area contributed by atoms with Gasteiger partial charge in [-0.1, -0.05) is 22.9 Å². The summed E-state index contributed by atoms with van der Waals surface area (Å²) in [4.78, 5) is 2.51. The lowest BCUT2D eigenvalue weighted by Crippen LogP contribution is -2.47. The van der Waals surface area contributed by atoms with E-state index in [4.69, 9.17) is 4.74 Å². The minimum atomic E-state index is 0.396. The Balaban J connectivity index is 2.34. The number of hydrogen-bond acceptors (Lipinski definition) is 2. The molecular formula is C9H18BrNO. The third-order valence-electron chi connectivity index (χ3n) is 2.56. The molecule has 0 saturated carbocycles. The van der Waals surface area contributed by atoms with Crippen molar-refractivity contribution >= 4 is 15.9 Å². The zero-order valence-corrected chi connectivity index (χ0v) is 9.51. The van der Waals surface area contributed by atoms with Crippen LogP contribution in [0.2, 0.25) is 0 Å². The molecule has 1 aliphatic rings. The molecule has 0 N–H and O–H groups in total. The van der Waals surface area contributed by atoms with E-state index in [9.17, 15) is 0 Å². The Bertz CT molecular complexity index is 130. The van der Waals surface area contributed by atoms with Crippen molar-refractivity contribution in [3.63, 3.8) is 0 Å². The van der Waals surface area contributed by atoms with Gasteiger partial charge in [-0.2, -0.15) is 0 Å². The van der Waals surface area contributed by atoms with E-state index in [1.807, 2.05) is 0 Å². The number of morpholine rings is 1. The summed E-state index contributed by atoms with van der Waals surface area (Å²) in [6.45, 7) is 7.60. The first kappa shape index (κ1) is 10.5. The second kappa shape index (κ2) is 5.20. The average molecular weight is 236 g/mol. The Morgan fingerprint density at radius 3 is 3.00 bits per heavy atom. The number of halogens is 1. The SMILES string of the molecule is CCC(C)N1CCOC(CBr)C1. The van der Waals surface area contributed by atoms with E-state index < -0.39 is 0 Å². The lowest BCUT2D eigenvalue weighted by atomic mass is 10.2. The first-order valence-corrected chi connectivity index (χ1v) is 5.81. The molecule has 1 rings (SSSR count). The van der Waals surface area contributed by atoms with Crippen molar-refractivity contribution < 1.29 is 4.74 Å². The van der Waals surface area contributed by atoms with Crippen LogP contribution in [0.3, 0.4) is 0 Å². The molecule has 12 heavy (non-hydrogen) atoms. The molecule has 3 heteroatoms. The molecule has 2 unspecified atom stereocenters. The molecule has 0 amide bonds. The zero-order chi connectivity index (χ0) is 8.97. The van der Waals surface area contributed by atoms with Crippen molar-refractivity contribution in [1.82, 2.24) is 4.90 Å². The predicted octanol–water partition coefficient (Wildman–Crippen LogP) is 1.88. The second-order valence-electron chi connectivity index (χ2n) is 3.40. The monoisotopic (exact) mass is 235 g/mol. The first-order chi connectivity index (χ1) is 5.77. The molecule has 0 aromatic carbocycles. The Kier molecular flexibility index (Phi) is 4.54. The maximum absolute atomic E-state index is 5.56. The van der Waals surface area contributed by atoms with E-state index in [1.54, 1.807) is 0 Å². The maximum Gasteiger partial charge on any atom is 0.0799 e. The fraction of sp³-hybridized carbons (Fsp3) is 1.00. The normalized spacial score (nSPS) is 28.8. The van der Waals surface area contributed by atoms with E-state index in [-0.39, 0.29) is 0 Å². The van der Waals surface area contributed by atoms with Crippen LogP contribution in [0.4, 0.5) is 0 Å². The molecule has 1 saturated heterocycles. The van der Waals surface area contributed by atoms with Crippen LogP contribution in [0.25, 0.3) is 0 Å². The van der Waals surface area contributed by atoms with Crippen molar-refractivity contribution in [2.75, 3.05) is 25.0 Å². The summed E-state index contributed by atoms with van der Waals surface area (Å²) in [5.74, 6) is 0. The summed E-state index contributed by atoms with van der Waals surface area (Å²) in [5, 5.41) is 0.958. The van der Waals surface area contributed by atoms with E-state index in [0.717, 1.165) is 25.0 Å². The quantitative estimate of drug-likeness (QED) is 0.694. The second-order valence-corrected chi connectivity index (χ2v) is 4.05. The highest BCUT2D eigenvalue weighted by Crippen LogP contribution is 2.12. The van der Waals surface area contributed by atoms with Crippen molar-refractivity contribution in [3.05, 3.63) is 0 Å². The van der Waals surface area contributed by atoms with Gasteiger partial charge in [0.1, 0.15) is 0 Å². The smallest absolute Gasteiger partial charge is 0.0799 e. The molecule has 2 atom stereocenters. The van der Waals surface area contributed by atoms with Crippen LogP contribution >= 0.6 is 15.9 Å². The van der Waals surface area contributed by atoms with Crippen molar-refractivity contribution in [3.8, 4) is 0 Å². The van der Waals surface area contributed by atoms with Gasteiger partial charge in [-0.3, -0.25) is 4.90 Å². The van der Waals surface area contributed by atoms with Crippen molar-refractivity contribution in [2.45, 2.75) is 32.4 Å². The van der Waals surface area contributed by atoms with Gasteiger partial charge in [0.15, 0.2) is 0 Å². The van der Waals surface area contributed by atoms with Gasteiger partial charge in [0.25, 0.3) is 0 Å². The average Bonchev–Trinajstić information content (AvgIpc) is 2.17. The standard InChI is InChI=1S/C9H18BrNO/c1-3-8(2)11-4-5-12-9(6-10)7-11/h8-9H,3-7H2,1-2H3. The number of alkyl halides is 1. The predicted molar refractivity (Wildman–Crippen MR) is 54.9 cm³/mol. The summed E-state index contributed by atoms with van der Waals surface area (Å²) in [7, 11) is 0. The largest absolute Gasteiger partial charge is 0.375 e. The maximum atomic E-state index is 5.56. The number of ether oxygens (including phenoxy) is 1. The van der Waals surface area contributed by atoms with Crippen molar-refractivity contribution in [2.24, 2.45) is 0 Å². The lowest BCUT2D eigenvalue weighted by molar-refractivity contribution is -0.0289. The van der Waals surface area contributed by atoms with Crippen LogP contribution in [0.15, 0.2) is 0 Å². The molecule has 72 valence electrons. The first-order valence-electron chi connectivity index (χ1n) is 4.69. The van der Waals surface area contributed by atoms with Gasteiger partial charge in [-0.15, -0.1) is 0 Å². The van der Waals surface area contributed by atoms with E-state index in [1.165, 1.54) is 6.42 Å². The van der Waals surface area contributed by atoms with Gasteiger partial charge in [0, 0.05) is 24.5 Å². The minimum absolute atomic E-state index is 0.396. The molecule has 0 bridgehead atoms. The van der Waals surface area contributed by atoms with Gasteiger partial charge in [-0.05, 0) is 13.3 Å². The van der Waals surface area contributed by atoms with Crippen LogP contribution in [0.1, 0.15) is 20.3 Å². The fourth-order valence-electron chi connectivity index (χ4n) is 1.49. The van der Waals surface area contributed by atoms with Crippen LogP contribution in [0, 0.1) is 0 Å². The van der Waals surface area contributed by atoms with E-state index >= 15 is 0 Å². The summed E-state index contributed by atoms with van der Waals surface area (Å²) < 4.78 is 5.56. The van der Waals surface area contributed by atoms with Gasteiger partial charge >= 0.3 is 0 Å². The minimum Gasteiger partial charge on any atom is -0.375 e. The molecule has 1 aliphatic heterocycles. The third kappa shape index (κ3) is 2.71. The van der Waals surface area contributed by atoms with Gasteiger partial charge < -0.3 is 4.74 Å². The Morgan fingerprint density at radius 2 is 2.42 bits per heavy atom. The van der Waals surface area contributed by atoms with Crippen molar-refractivity contribution in [1.29, 1.82) is 0 Å². The summed E-state index contributed by atoms with van der Waals surface area (Å²) in [6, 6.07) is 0.704. The molecular weight excluding hydrogens is 218 g/mol. The number of nitrogens with zero attached hydrogens (tertiary/aromatic N) is 1. The van der Waals surface area contributed by atoms with Gasteiger partial charge in [0.05, 0.1) is 12.7 Å². The highest BCUT2D eigenvalue weighted by Gasteiger charge is 2.21. The van der Waals surface area contributed by atoms with E-state index in [2.05, 4.69) is 34.7 Å². The zero-order valence-electron chi connectivity index (χ0n) is 7.92. The Labute approximate surface area is 83.4 Å². The highest BCUT2D eigenvalue weighted by atomic mass is 79.9. The fourth-order valence-corrected chi connectivity index (χ4v) is 1.89. The molecule has 0 aliphatic carbocycles. The van der Waals surface area contributed by atoms with Crippen LogP contribution in [-0.2, 0) is 4.74 Å². The van der Waals surface area contributed by atoms with Crippen LogP contribution in [-0.4, -0.2) is 42.1 Å². The van der Waals surface area contributed by atoms with Gasteiger partial charge in [-0.25, -0.2) is 0 Å². The molecule has 1 heterocycles. The lowest BCUT2D eigenvalue weighted by Gasteiger charge is -2.35. The highest BCUT2D eigenvalue weighted by molar-refractivity contribution is 9.09. The molecule has 0 aromatic rings.